The summed E-state index contributed by atoms with van der Waals surface area (Å²) in [5.74, 6) is -0.248. The van der Waals surface area contributed by atoms with Crippen molar-refractivity contribution in [2.75, 3.05) is 0 Å². The Morgan fingerprint density at radius 2 is 1.50 bits per heavy atom. The third kappa shape index (κ3) is 1.74. The van der Waals surface area contributed by atoms with Crippen molar-refractivity contribution < 1.29 is 14.0 Å². The summed E-state index contributed by atoms with van der Waals surface area (Å²) >= 11 is 0. The molecule has 0 saturated heterocycles. The van der Waals surface area contributed by atoms with Crippen LogP contribution in [0.4, 0.5) is 0 Å². The molecule has 0 aliphatic heterocycles. The number of ketones is 2. The molecule has 0 spiro atoms. The molecule has 106 valence electrons. The summed E-state index contributed by atoms with van der Waals surface area (Å²) in [4.78, 5) is 29.2. The van der Waals surface area contributed by atoms with Crippen LogP contribution in [-0.2, 0) is 0 Å². The van der Waals surface area contributed by atoms with Gasteiger partial charge in [-0.2, -0.15) is 0 Å². The van der Waals surface area contributed by atoms with E-state index in [-0.39, 0.29) is 23.0 Å². The molecule has 0 saturated carbocycles. The average molecular weight is 289 g/mol. The highest BCUT2D eigenvalue weighted by Crippen LogP contribution is 2.30. The maximum Gasteiger partial charge on any atom is 0.231 e. The first-order valence-electron chi connectivity index (χ1n) is 6.91. The topological polar surface area (TPSA) is 60.2 Å². The van der Waals surface area contributed by atoms with Crippen LogP contribution in [0, 0.1) is 6.92 Å². The Bertz CT molecular complexity index is 867. The zero-order valence-electron chi connectivity index (χ0n) is 11.8. The molecule has 0 radical (unpaired) electrons. The number of oxazole rings is 1. The van der Waals surface area contributed by atoms with Crippen LogP contribution in [-0.4, -0.2) is 16.6 Å². The molecule has 0 bridgehead atoms. The van der Waals surface area contributed by atoms with Gasteiger partial charge in [-0.3, -0.25) is 9.59 Å². The van der Waals surface area contributed by atoms with E-state index in [2.05, 4.69) is 4.98 Å². The fourth-order valence-electron chi connectivity index (χ4n) is 2.58. The summed E-state index contributed by atoms with van der Waals surface area (Å²) in [6, 6.07) is 14.3. The molecule has 0 amide bonds. The van der Waals surface area contributed by atoms with Gasteiger partial charge in [0.1, 0.15) is 0 Å². The minimum atomic E-state index is -0.295. The van der Waals surface area contributed by atoms with Crippen LogP contribution in [0.3, 0.4) is 0 Å². The lowest BCUT2D eigenvalue weighted by Crippen LogP contribution is -2.19. The molecule has 22 heavy (non-hydrogen) atoms. The maximum atomic E-state index is 12.5. The van der Waals surface area contributed by atoms with Gasteiger partial charge in [-0.1, -0.05) is 42.0 Å². The minimum absolute atomic E-state index is 0.0271. The van der Waals surface area contributed by atoms with Crippen LogP contribution in [0.15, 0.2) is 52.9 Å². The second-order valence-corrected chi connectivity index (χ2v) is 5.27. The van der Waals surface area contributed by atoms with Gasteiger partial charge in [-0.25, -0.2) is 4.98 Å². The fraction of sp³-hybridized carbons (Fsp3) is 0.0556. The molecule has 1 heterocycles. The maximum absolute atomic E-state index is 12.5. The zero-order chi connectivity index (χ0) is 15.3. The molecule has 0 N–H and O–H groups in total. The van der Waals surface area contributed by atoms with Gasteiger partial charge in [0, 0.05) is 16.7 Å². The van der Waals surface area contributed by atoms with Crippen molar-refractivity contribution in [3.63, 3.8) is 0 Å². The molecule has 4 nitrogen and oxygen atoms in total. The van der Waals surface area contributed by atoms with Crippen molar-refractivity contribution in [1.29, 1.82) is 0 Å². The van der Waals surface area contributed by atoms with Gasteiger partial charge in [0.25, 0.3) is 0 Å². The number of benzene rings is 2. The molecule has 1 aliphatic rings. The van der Waals surface area contributed by atoms with Crippen LogP contribution in [0.25, 0.3) is 11.5 Å². The van der Waals surface area contributed by atoms with Gasteiger partial charge < -0.3 is 4.42 Å². The van der Waals surface area contributed by atoms with Crippen LogP contribution in [0.5, 0.6) is 0 Å². The highest BCUT2D eigenvalue weighted by atomic mass is 16.4. The number of carbonyl (C=O) groups is 2. The molecule has 0 atom stereocenters. The highest BCUT2D eigenvalue weighted by Gasteiger charge is 2.35. The summed E-state index contributed by atoms with van der Waals surface area (Å²) in [5, 5.41) is 0. The van der Waals surface area contributed by atoms with Gasteiger partial charge in [-0.15, -0.1) is 0 Å². The van der Waals surface area contributed by atoms with Gasteiger partial charge in [0.2, 0.25) is 23.2 Å². The Morgan fingerprint density at radius 1 is 0.864 bits per heavy atom. The average Bonchev–Trinajstić information content (AvgIpc) is 2.99. The van der Waals surface area contributed by atoms with Gasteiger partial charge >= 0.3 is 0 Å². The lowest BCUT2D eigenvalue weighted by atomic mass is 9.91. The quantitative estimate of drug-likeness (QED) is 0.538. The first-order chi connectivity index (χ1) is 10.6. The molecular formula is C18H11NO3. The first kappa shape index (κ1) is 12.7. The number of nitrogens with zero attached hydrogens (tertiary/aromatic N) is 1. The summed E-state index contributed by atoms with van der Waals surface area (Å²) in [6.45, 7) is 1.98. The smallest absolute Gasteiger partial charge is 0.231 e. The van der Waals surface area contributed by atoms with Crippen molar-refractivity contribution in [3.8, 4) is 11.5 Å². The van der Waals surface area contributed by atoms with E-state index in [4.69, 9.17) is 4.42 Å². The molecule has 2 aromatic carbocycles. The van der Waals surface area contributed by atoms with E-state index >= 15 is 0 Å². The number of rotatable bonds is 1. The third-order valence-electron chi connectivity index (χ3n) is 3.76. The Kier molecular flexibility index (Phi) is 2.60. The van der Waals surface area contributed by atoms with Crippen molar-refractivity contribution in [2.24, 2.45) is 0 Å². The van der Waals surface area contributed by atoms with Crippen LogP contribution in [0.1, 0.15) is 37.7 Å². The van der Waals surface area contributed by atoms with E-state index in [1.54, 1.807) is 24.3 Å². The van der Waals surface area contributed by atoms with E-state index in [1.165, 1.54) is 0 Å². The first-order valence-corrected chi connectivity index (χ1v) is 6.91. The lowest BCUT2D eigenvalue weighted by molar-refractivity contribution is 0.0959. The summed E-state index contributed by atoms with van der Waals surface area (Å²) in [6.07, 6.45) is 0. The van der Waals surface area contributed by atoms with Crippen LogP contribution in [0.2, 0.25) is 0 Å². The number of carbonyl (C=O) groups excluding carboxylic acids is 2. The summed E-state index contributed by atoms with van der Waals surface area (Å²) < 4.78 is 5.59. The zero-order valence-corrected chi connectivity index (χ0v) is 11.8. The predicted molar refractivity (Wildman–Crippen MR) is 80.0 cm³/mol. The van der Waals surface area contributed by atoms with E-state index in [9.17, 15) is 9.59 Å². The number of fused-ring (bicyclic) bond motifs is 2. The summed E-state index contributed by atoms with van der Waals surface area (Å²) in [5.41, 5.74) is 2.69. The van der Waals surface area contributed by atoms with Crippen molar-refractivity contribution in [3.05, 3.63) is 76.7 Å². The Morgan fingerprint density at radius 3 is 2.18 bits per heavy atom. The molecule has 0 fully saturated rings. The molecule has 1 aliphatic carbocycles. The Labute approximate surface area is 126 Å². The predicted octanol–water partition coefficient (Wildman–Crippen LogP) is 3.43. The summed E-state index contributed by atoms with van der Waals surface area (Å²) in [7, 11) is 0. The third-order valence-corrected chi connectivity index (χ3v) is 3.76. The number of aromatic nitrogens is 1. The van der Waals surface area contributed by atoms with E-state index in [0.29, 0.717) is 17.0 Å². The SMILES string of the molecule is Cc1ccc(-c2nc3c(o2)C(=O)c2ccccc2C3=O)cc1. The van der Waals surface area contributed by atoms with E-state index in [0.717, 1.165) is 11.1 Å². The highest BCUT2D eigenvalue weighted by molar-refractivity contribution is 6.26. The van der Waals surface area contributed by atoms with Gasteiger partial charge in [-0.05, 0) is 19.1 Å². The molecule has 3 aromatic rings. The normalized spacial score (nSPS) is 13.0. The van der Waals surface area contributed by atoms with Crippen molar-refractivity contribution in [1.82, 2.24) is 4.98 Å². The second kappa shape index (κ2) is 4.49. The molecule has 4 heteroatoms. The largest absolute Gasteiger partial charge is 0.432 e. The standard InChI is InChI=1S/C18H11NO3/c1-10-6-8-11(9-7-10)18-19-14-15(20)12-4-2-3-5-13(12)16(21)17(14)22-18/h2-9H,1H3. The monoisotopic (exact) mass is 289 g/mol. The lowest BCUT2D eigenvalue weighted by Gasteiger charge is -2.10. The molecule has 4 rings (SSSR count). The Balaban J connectivity index is 1.88. The fourth-order valence-corrected chi connectivity index (χ4v) is 2.58. The van der Waals surface area contributed by atoms with Crippen LogP contribution < -0.4 is 0 Å². The van der Waals surface area contributed by atoms with Crippen molar-refractivity contribution >= 4 is 11.6 Å². The molecule has 1 aromatic heterocycles. The Hall–Kier alpha value is -3.01. The number of aryl methyl sites for hydroxylation is 1. The van der Waals surface area contributed by atoms with E-state index in [1.807, 2.05) is 31.2 Å². The minimum Gasteiger partial charge on any atom is -0.432 e. The number of hydrogen-bond acceptors (Lipinski definition) is 4. The van der Waals surface area contributed by atoms with Gasteiger partial charge in [0.05, 0.1) is 0 Å². The van der Waals surface area contributed by atoms with Crippen LogP contribution >= 0.6 is 0 Å². The van der Waals surface area contributed by atoms with Gasteiger partial charge in [0.15, 0.2) is 5.69 Å². The van der Waals surface area contributed by atoms with E-state index < -0.39 is 0 Å². The molecular weight excluding hydrogens is 278 g/mol. The number of hydrogen-bond donors (Lipinski definition) is 0. The second-order valence-electron chi connectivity index (χ2n) is 5.27. The van der Waals surface area contributed by atoms with Crippen molar-refractivity contribution in [2.45, 2.75) is 6.92 Å². The molecule has 0 unspecified atom stereocenters.